The highest BCUT2D eigenvalue weighted by Gasteiger charge is 2.15. The van der Waals surface area contributed by atoms with Crippen LogP contribution in [-0.4, -0.2) is 25.0 Å². The molecular weight excluding hydrogens is 283 g/mol. The number of aliphatic imine (C=N–C) groups is 1. The van der Waals surface area contributed by atoms with Crippen LogP contribution >= 0.6 is 0 Å². The van der Waals surface area contributed by atoms with Crippen molar-refractivity contribution >= 4 is 18.6 Å². The molecule has 0 saturated carbocycles. The van der Waals surface area contributed by atoms with Gasteiger partial charge in [0.1, 0.15) is 11.4 Å². The fraction of sp³-hybridized carbons (Fsp3) is 0.0625. The Morgan fingerprint density at radius 3 is 2.59 bits per heavy atom. The zero-order valence-electron chi connectivity index (χ0n) is 12.1. The summed E-state index contributed by atoms with van der Waals surface area (Å²) < 4.78 is 19.7. The number of allylic oxidation sites excluding steroid dienone is 1. The Balaban J connectivity index is 2.25. The SMILES string of the molecule is C=NN(C(=C)/C=N\C)c1ccc(Oc2ccccc2)nc1F. The highest BCUT2D eigenvalue weighted by atomic mass is 19.1. The van der Waals surface area contributed by atoms with E-state index in [4.69, 9.17) is 4.74 Å². The normalized spacial score (nSPS) is 10.5. The summed E-state index contributed by atoms with van der Waals surface area (Å²) in [7, 11) is 1.58. The van der Waals surface area contributed by atoms with Gasteiger partial charge in [-0.1, -0.05) is 24.8 Å². The van der Waals surface area contributed by atoms with Gasteiger partial charge in [-0.3, -0.25) is 4.99 Å². The number of nitrogens with zero attached hydrogens (tertiary/aromatic N) is 4. The van der Waals surface area contributed by atoms with Crippen molar-refractivity contribution in [1.29, 1.82) is 0 Å². The van der Waals surface area contributed by atoms with Crippen LogP contribution < -0.4 is 9.75 Å². The molecule has 0 fully saturated rings. The van der Waals surface area contributed by atoms with Gasteiger partial charge in [-0.25, -0.2) is 5.01 Å². The van der Waals surface area contributed by atoms with Crippen LogP contribution in [0.4, 0.5) is 10.1 Å². The number of anilines is 1. The third-order valence-electron chi connectivity index (χ3n) is 2.69. The van der Waals surface area contributed by atoms with Gasteiger partial charge < -0.3 is 4.74 Å². The molecule has 5 nitrogen and oxygen atoms in total. The van der Waals surface area contributed by atoms with E-state index in [1.54, 1.807) is 25.2 Å². The molecule has 6 heteroatoms. The molecule has 2 rings (SSSR count). The van der Waals surface area contributed by atoms with Crippen LogP contribution in [0, 0.1) is 5.95 Å². The van der Waals surface area contributed by atoms with Crippen molar-refractivity contribution in [2.45, 2.75) is 0 Å². The summed E-state index contributed by atoms with van der Waals surface area (Å²) in [5, 5.41) is 4.93. The van der Waals surface area contributed by atoms with E-state index in [0.29, 0.717) is 11.4 Å². The van der Waals surface area contributed by atoms with Crippen LogP contribution in [0.3, 0.4) is 0 Å². The molecule has 0 amide bonds. The largest absolute Gasteiger partial charge is 0.439 e. The van der Waals surface area contributed by atoms with Crippen LogP contribution in [0.2, 0.25) is 0 Å². The average Bonchev–Trinajstić information content (AvgIpc) is 2.51. The maximum atomic E-state index is 14.2. The Bertz CT molecular complexity index is 701. The first kappa shape index (κ1) is 15.4. The quantitative estimate of drug-likeness (QED) is 0.464. The first-order valence-corrected chi connectivity index (χ1v) is 6.43. The molecule has 1 heterocycles. The van der Waals surface area contributed by atoms with Gasteiger partial charge in [0, 0.05) is 26.0 Å². The van der Waals surface area contributed by atoms with Crippen molar-refractivity contribution in [3.8, 4) is 11.6 Å². The second kappa shape index (κ2) is 7.12. The second-order valence-electron chi connectivity index (χ2n) is 4.21. The molecule has 0 bridgehead atoms. The van der Waals surface area contributed by atoms with Crippen molar-refractivity contribution < 1.29 is 9.13 Å². The third-order valence-corrected chi connectivity index (χ3v) is 2.69. The molecule has 0 aliphatic rings. The standard InChI is InChI=1S/C16H15FN4O/c1-12(11-18-2)21(19-3)14-9-10-15(20-16(14)17)22-13-7-5-4-6-8-13/h4-11H,1,3H2,2H3/b18-11-. The number of hydrazone groups is 1. The van der Waals surface area contributed by atoms with E-state index in [1.165, 1.54) is 17.3 Å². The predicted molar refractivity (Wildman–Crippen MR) is 86.3 cm³/mol. The van der Waals surface area contributed by atoms with Crippen LogP contribution in [-0.2, 0) is 0 Å². The lowest BCUT2D eigenvalue weighted by molar-refractivity contribution is 0.445. The number of benzene rings is 1. The fourth-order valence-electron chi connectivity index (χ4n) is 1.76. The Kier molecular flexibility index (Phi) is 4.98. The van der Waals surface area contributed by atoms with E-state index in [9.17, 15) is 4.39 Å². The molecule has 0 aliphatic carbocycles. The maximum absolute atomic E-state index is 14.2. The average molecular weight is 298 g/mol. The summed E-state index contributed by atoms with van der Waals surface area (Å²) in [6.07, 6.45) is 1.45. The molecule has 1 aromatic carbocycles. The van der Waals surface area contributed by atoms with Crippen LogP contribution in [0.1, 0.15) is 0 Å². The Hall–Kier alpha value is -3.02. The Labute approximate surface area is 128 Å². The number of aromatic nitrogens is 1. The van der Waals surface area contributed by atoms with E-state index in [1.807, 2.05) is 18.2 Å². The highest BCUT2D eigenvalue weighted by molar-refractivity contribution is 5.83. The van der Waals surface area contributed by atoms with E-state index in [0.717, 1.165) is 0 Å². The minimum Gasteiger partial charge on any atom is -0.439 e. The van der Waals surface area contributed by atoms with Gasteiger partial charge in [-0.2, -0.15) is 14.5 Å². The lowest BCUT2D eigenvalue weighted by Crippen LogP contribution is -2.17. The third kappa shape index (κ3) is 3.54. The molecule has 0 atom stereocenters. The molecule has 112 valence electrons. The van der Waals surface area contributed by atoms with Gasteiger partial charge >= 0.3 is 0 Å². The number of halogens is 1. The lowest BCUT2D eigenvalue weighted by Gasteiger charge is -2.18. The van der Waals surface area contributed by atoms with Gasteiger partial charge in [0.15, 0.2) is 0 Å². The second-order valence-corrected chi connectivity index (χ2v) is 4.21. The molecule has 0 aliphatic heterocycles. The molecule has 0 spiro atoms. The molecule has 0 N–H and O–H groups in total. The van der Waals surface area contributed by atoms with Crippen LogP contribution in [0.5, 0.6) is 11.6 Å². The van der Waals surface area contributed by atoms with Crippen molar-refractivity contribution in [2.75, 3.05) is 12.1 Å². The molecular formula is C16H15FN4O. The number of rotatable bonds is 6. The van der Waals surface area contributed by atoms with Crippen LogP contribution in [0.25, 0.3) is 0 Å². The number of ether oxygens (including phenoxy) is 1. The van der Waals surface area contributed by atoms with Crippen molar-refractivity contribution in [3.05, 3.63) is 60.7 Å². The van der Waals surface area contributed by atoms with Gasteiger partial charge in [0.25, 0.3) is 0 Å². The maximum Gasteiger partial charge on any atom is 0.242 e. The van der Waals surface area contributed by atoms with E-state index in [-0.39, 0.29) is 11.6 Å². The van der Waals surface area contributed by atoms with E-state index < -0.39 is 5.95 Å². The monoisotopic (exact) mass is 298 g/mol. The number of para-hydroxylation sites is 1. The van der Waals surface area contributed by atoms with Gasteiger partial charge in [0.2, 0.25) is 11.8 Å². The molecule has 22 heavy (non-hydrogen) atoms. The minimum atomic E-state index is -0.744. The molecule has 2 aromatic rings. The molecule has 0 radical (unpaired) electrons. The Morgan fingerprint density at radius 1 is 1.27 bits per heavy atom. The topological polar surface area (TPSA) is 50.1 Å². The summed E-state index contributed by atoms with van der Waals surface area (Å²) in [4.78, 5) is 7.59. The number of hydrogen-bond donors (Lipinski definition) is 0. The van der Waals surface area contributed by atoms with Gasteiger partial charge in [-0.15, -0.1) is 0 Å². The number of pyridine rings is 1. The first-order chi connectivity index (χ1) is 10.7. The fourth-order valence-corrected chi connectivity index (χ4v) is 1.76. The van der Waals surface area contributed by atoms with Gasteiger partial charge in [0.05, 0.1) is 5.70 Å². The smallest absolute Gasteiger partial charge is 0.242 e. The first-order valence-electron chi connectivity index (χ1n) is 6.43. The van der Waals surface area contributed by atoms with Crippen LogP contribution in [0.15, 0.2) is 64.8 Å². The zero-order chi connectivity index (χ0) is 15.9. The summed E-state index contributed by atoms with van der Waals surface area (Å²) in [6, 6.07) is 12.0. The molecule has 1 aromatic heterocycles. The van der Waals surface area contributed by atoms with Crippen molar-refractivity contribution in [2.24, 2.45) is 10.1 Å². The summed E-state index contributed by atoms with van der Waals surface area (Å²) >= 11 is 0. The molecule has 0 saturated heterocycles. The lowest BCUT2D eigenvalue weighted by atomic mass is 10.3. The van der Waals surface area contributed by atoms with Crippen molar-refractivity contribution in [1.82, 2.24) is 4.98 Å². The van der Waals surface area contributed by atoms with Gasteiger partial charge in [-0.05, 0) is 18.2 Å². The van der Waals surface area contributed by atoms with E-state index >= 15 is 0 Å². The summed E-state index contributed by atoms with van der Waals surface area (Å²) in [5.41, 5.74) is 0.482. The summed E-state index contributed by atoms with van der Waals surface area (Å²) in [6.45, 7) is 7.14. The number of hydrogen-bond acceptors (Lipinski definition) is 5. The predicted octanol–water partition coefficient (Wildman–Crippen LogP) is 3.65. The zero-order valence-corrected chi connectivity index (χ0v) is 12.1. The highest BCUT2D eigenvalue weighted by Crippen LogP contribution is 2.26. The molecule has 0 unspecified atom stereocenters. The van der Waals surface area contributed by atoms with Crippen molar-refractivity contribution in [3.63, 3.8) is 0 Å². The summed E-state index contributed by atoms with van der Waals surface area (Å²) in [5.74, 6) is -0.0268. The van der Waals surface area contributed by atoms with E-state index in [2.05, 4.69) is 28.4 Å². The Morgan fingerprint density at radius 2 is 2.00 bits per heavy atom. The minimum absolute atomic E-state index is 0.111.